The van der Waals surface area contributed by atoms with E-state index < -0.39 is 5.97 Å². The molecule has 0 amide bonds. The lowest BCUT2D eigenvalue weighted by atomic mass is 10.2. The number of para-hydroxylation sites is 2. The Labute approximate surface area is 153 Å². The molecule has 4 rings (SSSR count). The van der Waals surface area contributed by atoms with Crippen LogP contribution in [0.15, 0.2) is 36.1 Å². The van der Waals surface area contributed by atoms with Crippen LogP contribution in [0.25, 0.3) is 16.6 Å². The molecule has 7 heteroatoms. The molecule has 130 valence electrons. The molecule has 0 atom stereocenters. The summed E-state index contributed by atoms with van der Waals surface area (Å²) in [5.41, 5.74) is 2.62. The van der Waals surface area contributed by atoms with Crippen molar-refractivity contribution in [2.75, 3.05) is 6.61 Å². The third-order valence-electron chi connectivity index (χ3n) is 4.31. The molecule has 2 heterocycles. The third-order valence-corrected chi connectivity index (χ3v) is 5.53. The fourth-order valence-corrected chi connectivity index (χ4v) is 4.18. The maximum atomic E-state index is 12.2. The van der Waals surface area contributed by atoms with E-state index in [9.17, 15) is 15.2 Å². The van der Waals surface area contributed by atoms with E-state index in [0.29, 0.717) is 10.4 Å². The number of nitrogens with zero attached hydrogens (tertiary/aromatic N) is 2. The Bertz CT molecular complexity index is 1020. The number of aromatic amines is 1. The average molecular weight is 365 g/mol. The first-order valence-corrected chi connectivity index (χ1v) is 9.03. The van der Waals surface area contributed by atoms with Crippen LogP contribution in [0, 0.1) is 11.3 Å². The van der Waals surface area contributed by atoms with Crippen molar-refractivity contribution in [2.24, 2.45) is 0 Å². The van der Waals surface area contributed by atoms with E-state index in [1.54, 1.807) is 6.07 Å². The van der Waals surface area contributed by atoms with Crippen LogP contribution in [0.3, 0.4) is 0 Å². The van der Waals surface area contributed by atoms with Crippen LogP contribution in [0.1, 0.15) is 32.4 Å². The van der Waals surface area contributed by atoms with Gasteiger partial charge < -0.3 is 14.8 Å². The predicted molar refractivity (Wildman–Crippen MR) is 97.9 cm³/mol. The van der Waals surface area contributed by atoms with Gasteiger partial charge in [-0.3, -0.25) is 0 Å². The van der Waals surface area contributed by atoms with Crippen molar-refractivity contribution >= 4 is 33.9 Å². The first-order valence-electron chi connectivity index (χ1n) is 8.21. The maximum Gasteiger partial charge on any atom is 0.348 e. The quantitative estimate of drug-likeness (QED) is 0.417. The second kappa shape index (κ2) is 6.65. The van der Waals surface area contributed by atoms with Gasteiger partial charge in [-0.1, -0.05) is 12.1 Å². The zero-order chi connectivity index (χ0) is 18.1. The van der Waals surface area contributed by atoms with E-state index >= 15 is 0 Å². The number of ether oxygens (including phenoxy) is 1. The first kappa shape index (κ1) is 16.4. The maximum absolute atomic E-state index is 12.2. The summed E-state index contributed by atoms with van der Waals surface area (Å²) in [6, 6.07) is 11.1. The molecule has 1 aliphatic rings. The number of aliphatic hydroxyl groups is 1. The van der Waals surface area contributed by atoms with Gasteiger partial charge in [-0.2, -0.15) is 5.26 Å². The summed E-state index contributed by atoms with van der Waals surface area (Å²) in [7, 11) is 0. The van der Waals surface area contributed by atoms with Crippen molar-refractivity contribution in [2.45, 2.75) is 19.3 Å². The molecule has 2 N–H and O–H groups in total. The van der Waals surface area contributed by atoms with Crippen LogP contribution in [-0.4, -0.2) is 27.7 Å². The number of carbonyl (C=O) groups is 1. The van der Waals surface area contributed by atoms with Crippen molar-refractivity contribution in [1.82, 2.24) is 9.97 Å². The molecule has 2 aromatic heterocycles. The number of hydrogen-bond donors (Lipinski definition) is 2. The van der Waals surface area contributed by atoms with Gasteiger partial charge in [-0.15, -0.1) is 11.3 Å². The Morgan fingerprint density at radius 3 is 3.00 bits per heavy atom. The fourth-order valence-electron chi connectivity index (χ4n) is 3.03. The molecular weight excluding hydrogens is 350 g/mol. The minimum Gasteiger partial charge on any atom is -0.507 e. The number of aliphatic hydroxyl groups excluding tert-OH is 1. The summed E-state index contributed by atoms with van der Waals surface area (Å²) in [6.45, 7) is -0.374. The molecule has 6 nitrogen and oxygen atoms in total. The van der Waals surface area contributed by atoms with Crippen LogP contribution in [0.2, 0.25) is 0 Å². The van der Waals surface area contributed by atoms with Crippen LogP contribution in [-0.2, 0) is 17.6 Å². The van der Waals surface area contributed by atoms with E-state index in [4.69, 9.17) is 4.74 Å². The summed E-state index contributed by atoms with van der Waals surface area (Å²) in [4.78, 5) is 21.2. The zero-order valence-electron chi connectivity index (χ0n) is 13.8. The number of H-pyrrole nitrogens is 1. The number of esters is 1. The lowest BCUT2D eigenvalue weighted by molar-refractivity contribution is 0.0508. The van der Waals surface area contributed by atoms with Crippen molar-refractivity contribution < 1.29 is 14.6 Å². The summed E-state index contributed by atoms with van der Waals surface area (Å²) in [6.07, 6.45) is 3.13. The lowest BCUT2D eigenvalue weighted by Crippen LogP contribution is -2.08. The van der Waals surface area contributed by atoms with Gasteiger partial charge in [0, 0.05) is 4.88 Å². The zero-order valence-corrected chi connectivity index (χ0v) is 14.6. The predicted octanol–water partition coefficient (Wildman–Crippen LogP) is 3.76. The molecule has 0 fully saturated rings. The van der Waals surface area contributed by atoms with Gasteiger partial charge in [-0.05, 0) is 43.0 Å². The van der Waals surface area contributed by atoms with Crippen molar-refractivity contribution in [3.8, 4) is 6.07 Å². The molecule has 0 spiro atoms. The third kappa shape index (κ3) is 2.95. The highest BCUT2D eigenvalue weighted by molar-refractivity contribution is 7.14. The normalized spacial score (nSPS) is 14.0. The molecule has 0 unspecified atom stereocenters. The van der Waals surface area contributed by atoms with Crippen LogP contribution in [0.5, 0.6) is 0 Å². The molecular formula is C19H15N3O3S. The number of nitrogens with one attached hydrogen (secondary N) is 1. The largest absolute Gasteiger partial charge is 0.507 e. The van der Waals surface area contributed by atoms with Gasteiger partial charge in [0.25, 0.3) is 0 Å². The minimum absolute atomic E-state index is 0.0392. The number of benzene rings is 1. The number of fused-ring (bicyclic) bond motifs is 2. The van der Waals surface area contributed by atoms with Crippen LogP contribution >= 0.6 is 11.3 Å². The molecule has 1 aliphatic carbocycles. The molecule has 26 heavy (non-hydrogen) atoms. The van der Waals surface area contributed by atoms with Crippen molar-refractivity contribution in [1.29, 1.82) is 5.26 Å². The van der Waals surface area contributed by atoms with Gasteiger partial charge in [-0.25, -0.2) is 9.78 Å². The molecule has 0 saturated carbocycles. The number of nitriles is 1. The smallest absolute Gasteiger partial charge is 0.348 e. The van der Waals surface area contributed by atoms with E-state index in [1.807, 2.05) is 30.3 Å². The van der Waals surface area contributed by atoms with Crippen LogP contribution < -0.4 is 0 Å². The SMILES string of the molecule is N#CC(=C(O)COC(=O)c1cc2c(s1)CCC2)c1nc2ccccc2[nH]1. The first-order chi connectivity index (χ1) is 12.7. The lowest BCUT2D eigenvalue weighted by Gasteiger charge is -2.04. The molecule has 0 saturated heterocycles. The van der Waals surface area contributed by atoms with E-state index in [2.05, 4.69) is 9.97 Å². The number of hydrogen-bond acceptors (Lipinski definition) is 6. The number of allylic oxidation sites excluding steroid dienone is 1. The molecule has 0 radical (unpaired) electrons. The summed E-state index contributed by atoms with van der Waals surface area (Å²) < 4.78 is 5.18. The topological polar surface area (TPSA) is 99.0 Å². The average Bonchev–Trinajstić information content (AvgIpc) is 3.33. The van der Waals surface area contributed by atoms with Gasteiger partial charge >= 0.3 is 5.97 Å². The molecule has 0 aliphatic heterocycles. The Morgan fingerprint density at radius 1 is 1.38 bits per heavy atom. The highest BCUT2D eigenvalue weighted by Crippen LogP contribution is 2.31. The summed E-state index contributed by atoms with van der Waals surface area (Å²) >= 11 is 1.44. The fraction of sp³-hybridized carbons (Fsp3) is 0.211. The monoisotopic (exact) mass is 365 g/mol. The number of aromatic nitrogens is 2. The summed E-state index contributed by atoms with van der Waals surface area (Å²) in [5.74, 6) is -0.570. The van der Waals surface area contributed by atoms with E-state index in [1.165, 1.54) is 21.8 Å². The second-order valence-electron chi connectivity index (χ2n) is 6.02. The van der Waals surface area contributed by atoms with Crippen molar-refractivity contribution in [3.05, 3.63) is 57.2 Å². The second-order valence-corrected chi connectivity index (χ2v) is 7.16. The number of rotatable bonds is 4. The number of thiophene rings is 1. The van der Waals surface area contributed by atoms with Gasteiger partial charge in [0.05, 0.1) is 11.0 Å². The molecule has 1 aromatic carbocycles. The minimum atomic E-state index is -0.488. The Balaban J connectivity index is 1.51. The molecule has 3 aromatic rings. The van der Waals surface area contributed by atoms with Crippen LogP contribution in [0.4, 0.5) is 0 Å². The van der Waals surface area contributed by atoms with Gasteiger partial charge in [0.2, 0.25) is 0 Å². The number of imidazole rings is 1. The van der Waals surface area contributed by atoms with E-state index in [0.717, 1.165) is 24.8 Å². The Morgan fingerprint density at radius 2 is 2.23 bits per heavy atom. The Hall–Kier alpha value is -3.11. The Kier molecular flexibility index (Phi) is 4.19. The highest BCUT2D eigenvalue weighted by Gasteiger charge is 2.20. The van der Waals surface area contributed by atoms with Crippen molar-refractivity contribution in [3.63, 3.8) is 0 Å². The number of aryl methyl sites for hydroxylation is 2. The highest BCUT2D eigenvalue weighted by atomic mass is 32.1. The summed E-state index contributed by atoms with van der Waals surface area (Å²) in [5, 5.41) is 19.6. The van der Waals surface area contributed by atoms with Gasteiger partial charge in [0.1, 0.15) is 23.1 Å². The van der Waals surface area contributed by atoms with E-state index in [-0.39, 0.29) is 23.8 Å². The standard InChI is InChI=1S/C19H15N3O3S/c20-9-12(18-21-13-5-1-2-6-14(13)22-18)15(23)10-25-19(24)17-8-11-4-3-7-16(11)26-17/h1-2,5-6,8,23H,3-4,7,10H2,(H,21,22). The van der Waals surface area contributed by atoms with Gasteiger partial charge in [0.15, 0.2) is 11.6 Å². The number of carbonyl (C=O) groups excluding carboxylic acids is 1. The molecule has 0 bridgehead atoms.